The van der Waals surface area contributed by atoms with Gasteiger partial charge in [-0.2, -0.15) is 0 Å². The van der Waals surface area contributed by atoms with Gasteiger partial charge in [0.1, 0.15) is 11.6 Å². The van der Waals surface area contributed by atoms with Crippen molar-refractivity contribution in [2.75, 3.05) is 11.4 Å². The van der Waals surface area contributed by atoms with Gasteiger partial charge in [-0.1, -0.05) is 25.1 Å². The average Bonchev–Trinajstić information content (AvgIpc) is 2.57. The van der Waals surface area contributed by atoms with Crippen molar-refractivity contribution in [2.24, 2.45) is 0 Å². The molecule has 2 aromatic rings. The third-order valence-corrected chi connectivity index (χ3v) is 4.36. The highest BCUT2D eigenvalue weighted by Crippen LogP contribution is 2.29. The van der Waals surface area contributed by atoms with Crippen LogP contribution in [0.3, 0.4) is 0 Å². The molecule has 1 aliphatic heterocycles. The number of anilines is 1. The Hall–Kier alpha value is -2.23. The molecule has 0 bridgehead atoms. The second-order valence-electron chi connectivity index (χ2n) is 5.84. The fraction of sp³-hybridized carbons (Fsp3) is 0.316. The summed E-state index contributed by atoms with van der Waals surface area (Å²) in [6.07, 6.45) is 2.49. The minimum Gasteiger partial charge on any atom is -0.312 e. The van der Waals surface area contributed by atoms with Crippen molar-refractivity contribution in [1.82, 2.24) is 0 Å². The fourth-order valence-electron chi connectivity index (χ4n) is 3.08. The lowest BCUT2D eigenvalue weighted by molar-refractivity contribution is -0.118. The minimum absolute atomic E-state index is 0.158. The maximum Gasteiger partial charge on any atom is 0.231 e. The molecule has 2 aromatic carbocycles. The maximum atomic E-state index is 13.8. The first kappa shape index (κ1) is 15.7. The highest BCUT2D eigenvalue weighted by atomic mass is 19.1. The van der Waals surface area contributed by atoms with Gasteiger partial charge in [-0.25, -0.2) is 8.78 Å². The highest BCUT2D eigenvalue weighted by molar-refractivity contribution is 5.96. The molecule has 0 unspecified atom stereocenters. The SMILES string of the molecule is CCc1ccc2c(c1)CCCN2C(=O)Cc1c(F)cccc1F. The average molecular weight is 315 g/mol. The zero-order valence-electron chi connectivity index (χ0n) is 13.1. The second kappa shape index (κ2) is 6.49. The number of carbonyl (C=O) groups excluding carboxylic acids is 1. The molecule has 2 nitrogen and oxygen atoms in total. The summed E-state index contributed by atoms with van der Waals surface area (Å²) in [7, 11) is 0. The number of hydrogen-bond acceptors (Lipinski definition) is 1. The molecule has 0 aromatic heterocycles. The third kappa shape index (κ3) is 3.11. The van der Waals surface area contributed by atoms with E-state index >= 15 is 0 Å². The maximum absolute atomic E-state index is 13.8. The molecule has 0 spiro atoms. The van der Waals surface area contributed by atoms with Crippen LogP contribution in [0.2, 0.25) is 0 Å². The van der Waals surface area contributed by atoms with Gasteiger partial charge >= 0.3 is 0 Å². The van der Waals surface area contributed by atoms with Crippen LogP contribution < -0.4 is 4.90 Å². The number of hydrogen-bond donors (Lipinski definition) is 0. The Morgan fingerprint density at radius 2 is 1.91 bits per heavy atom. The number of nitrogens with zero attached hydrogens (tertiary/aromatic N) is 1. The summed E-state index contributed by atoms with van der Waals surface area (Å²) < 4.78 is 27.5. The van der Waals surface area contributed by atoms with E-state index in [1.807, 2.05) is 12.1 Å². The molecule has 1 amide bonds. The van der Waals surface area contributed by atoms with E-state index < -0.39 is 11.6 Å². The van der Waals surface area contributed by atoms with Crippen LogP contribution >= 0.6 is 0 Å². The number of halogens is 2. The number of aryl methyl sites for hydroxylation is 2. The van der Waals surface area contributed by atoms with E-state index in [9.17, 15) is 13.6 Å². The molecule has 4 heteroatoms. The van der Waals surface area contributed by atoms with Gasteiger partial charge in [0.2, 0.25) is 5.91 Å². The minimum atomic E-state index is -0.670. The molecule has 0 saturated carbocycles. The van der Waals surface area contributed by atoms with E-state index in [1.54, 1.807) is 4.90 Å². The molecule has 0 atom stereocenters. The zero-order chi connectivity index (χ0) is 16.4. The fourth-order valence-corrected chi connectivity index (χ4v) is 3.08. The number of fused-ring (bicyclic) bond motifs is 1. The van der Waals surface area contributed by atoms with Crippen LogP contribution in [0.15, 0.2) is 36.4 Å². The third-order valence-electron chi connectivity index (χ3n) is 4.36. The molecule has 23 heavy (non-hydrogen) atoms. The van der Waals surface area contributed by atoms with Crippen molar-refractivity contribution in [2.45, 2.75) is 32.6 Å². The van der Waals surface area contributed by atoms with Crippen LogP contribution in [0.5, 0.6) is 0 Å². The first-order valence-electron chi connectivity index (χ1n) is 7.95. The molecule has 120 valence electrons. The van der Waals surface area contributed by atoms with Crippen molar-refractivity contribution < 1.29 is 13.6 Å². The van der Waals surface area contributed by atoms with Crippen molar-refractivity contribution >= 4 is 11.6 Å². The number of amides is 1. The van der Waals surface area contributed by atoms with Crippen molar-refractivity contribution in [3.8, 4) is 0 Å². The predicted octanol–water partition coefficient (Wildman–Crippen LogP) is 4.05. The van der Waals surface area contributed by atoms with Crippen molar-refractivity contribution in [3.05, 3.63) is 64.7 Å². The molecule has 0 aliphatic carbocycles. The van der Waals surface area contributed by atoms with Gasteiger partial charge in [0, 0.05) is 17.8 Å². The van der Waals surface area contributed by atoms with Crippen molar-refractivity contribution in [3.63, 3.8) is 0 Å². The molecule has 0 fully saturated rings. The summed E-state index contributed by atoms with van der Waals surface area (Å²) in [6, 6.07) is 9.75. The highest BCUT2D eigenvalue weighted by Gasteiger charge is 2.24. The van der Waals surface area contributed by atoms with Gasteiger partial charge in [-0.3, -0.25) is 4.79 Å². The molecule has 1 aliphatic rings. The van der Waals surface area contributed by atoms with Crippen molar-refractivity contribution in [1.29, 1.82) is 0 Å². The van der Waals surface area contributed by atoms with Crippen LogP contribution in [0.1, 0.15) is 30.0 Å². The van der Waals surface area contributed by atoms with Crippen LogP contribution in [0.4, 0.5) is 14.5 Å². The second-order valence-corrected chi connectivity index (χ2v) is 5.84. The Morgan fingerprint density at radius 1 is 1.17 bits per heavy atom. The lowest BCUT2D eigenvalue weighted by atomic mass is 9.97. The molecule has 0 saturated heterocycles. The Bertz CT molecular complexity index is 722. The smallest absolute Gasteiger partial charge is 0.231 e. The van der Waals surface area contributed by atoms with Gasteiger partial charge in [0.25, 0.3) is 0 Å². The van der Waals surface area contributed by atoms with Crippen LogP contribution in [-0.2, 0) is 24.1 Å². The first-order valence-corrected chi connectivity index (χ1v) is 7.95. The summed E-state index contributed by atoms with van der Waals surface area (Å²) in [4.78, 5) is 14.2. The molecule has 0 N–H and O–H groups in total. The Morgan fingerprint density at radius 3 is 2.61 bits per heavy atom. The van der Waals surface area contributed by atoms with E-state index in [0.29, 0.717) is 6.54 Å². The summed E-state index contributed by atoms with van der Waals surface area (Å²) >= 11 is 0. The van der Waals surface area contributed by atoms with Gasteiger partial charge < -0.3 is 4.90 Å². The number of benzene rings is 2. The zero-order valence-corrected chi connectivity index (χ0v) is 13.1. The molecular weight excluding hydrogens is 296 g/mol. The summed E-state index contributed by atoms with van der Waals surface area (Å²) in [5.41, 5.74) is 3.08. The van der Waals surface area contributed by atoms with Crippen LogP contribution in [-0.4, -0.2) is 12.5 Å². The van der Waals surface area contributed by atoms with Crippen LogP contribution in [0.25, 0.3) is 0 Å². The Labute approximate surface area is 134 Å². The predicted molar refractivity (Wildman–Crippen MR) is 86.6 cm³/mol. The van der Waals surface area contributed by atoms with E-state index in [2.05, 4.69) is 13.0 Å². The topological polar surface area (TPSA) is 20.3 Å². The summed E-state index contributed by atoms with van der Waals surface area (Å²) in [5, 5.41) is 0. The normalized spacial score (nSPS) is 13.8. The lowest BCUT2D eigenvalue weighted by Crippen LogP contribution is -2.36. The van der Waals surface area contributed by atoms with Gasteiger partial charge in [0.05, 0.1) is 6.42 Å². The van der Waals surface area contributed by atoms with E-state index in [1.165, 1.54) is 23.8 Å². The van der Waals surface area contributed by atoms with E-state index in [4.69, 9.17) is 0 Å². The Kier molecular flexibility index (Phi) is 4.42. The van der Waals surface area contributed by atoms with E-state index in [0.717, 1.165) is 30.5 Å². The lowest BCUT2D eigenvalue weighted by Gasteiger charge is -2.30. The standard InChI is InChI=1S/C19H19F2NO/c1-2-13-8-9-18-14(11-13)5-4-10-22(18)19(23)12-15-16(20)6-3-7-17(15)21/h3,6-9,11H,2,4-5,10,12H2,1H3. The van der Waals surface area contributed by atoms with Gasteiger partial charge in [-0.15, -0.1) is 0 Å². The Balaban J connectivity index is 1.87. The molecular formula is C19H19F2NO. The van der Waals surface area contributed by atoms with Gasteiger partial charge in [0.15, 0.2) is 0 Å². The van der Waals surface area contributed by atoms with Gasteiger partial charge in [-0.05, 0) is 48.6 Å². The number of carbonyl (C=O) groups is 1. The molecule has 1 heterocycles. The summed E-state index contributed by atoms with van der Waals surface area (Å²) in [5.74, 6) is -1.60. The quantitative estimate of drug-likeness (QED) is 0.837. The molecule has 3 rings (SSSR count). The summed E-state index contributed by atoms with van der Waals surface area (Å²) in [6.45, 7) is 2.68. The first-order chi connectivity index (χ1) is 11.1. The molecule has 0 radical (unpaired) electrons. The monoisotopic (exact) mass is 315 g/mol. The van der Waals surface area contributed by atoms with E-state index in [-0.39, 0.29) is 17.9 Å². The van der Waals surface area contributed by atoms with Crippen LogP contribution in [0, 0.1) is 11.6 Å². The number of rotatable bonds is 3. The largest absolute Gasteiger partial charge is 0.312 e.